The molecule has 228 valence electrons. The normalized spacial score (nSPS) is 11.7. The minimum Gasteiger partial charge on any atom is -0.0617 e. The second-order valence-electron chi connectivity index (χ2n) is 12.4. The van der Waals surface area contributed by atoms with Crippen LogP contribution in [0.1, 0.15) is 0 Å². The predicted molar refractivity (Wildman–Crippen MR) is 206 cm³/mol. The molecule has 0 saturated heterocycles. The predicted octanol–water partition coefficient (Wildman–Crippen LogP) is 11.4. The van der Waals surface area contributed by atoms with Crippen LogP contribution in [0, 0.1) is 0 Å². The third-order valence-electron chi connectivity index (χ3n) is 9.49. The molecule has 0 aliphatic carbocycles. The van der Waals surface area contributed by atoms with Crippen LogP contribution in [0.15, 0.2) is 164 Å². The first-order valence-electron chi connectivity index (χ1n) is 16.4. The van der Waals surface area contributed by atoms with Gasteiger partial charge >= 0.3 is 194 Å². The molecular formula is C45H27N3Se. The minimum atomic E-state index is 0.313. The van der Waals surface area contributed by atoms with E-state index in [9.17, 15) is 0 Å². The fraction of sp³-hybridized carbons (Fsp3) is 0. The van der Waals surface area contributed by atoms with Crippen LogP contribution < -0.4 is 0 Å². The number of nitrogens with zero attached hydrogens (tertiary/aromatic N) is 3. The topological polar surface area (TPSA) is 38.7 Å². The van der Waals surface area contributed by atoms with Gasteiger partial charge in [-0.3, -0.25) is 0 Å². The standard InChI is InChI=1S/C45H27N3Se/c1-3-12-28(13-4-1)30-16-11-17-31(24-30)44-46-43(29-14-5-2-6-15-29)47-45(48-44)32-22-23-35-37(25-32)33-18-7-8-19-34(33)39-27-42-40(26-38(35)39)36-20-9-10-21-41(36)49-42/h1-27H. The van der Waals surface area contributed by atoms with E-state index in [1.54, 1.807) is 0 Å². The molecule has 0 saturated carbocycles. The summed E-state index contributed by atoms with van der Waals surface area (Å²) in [6, 6.07) is 58.3. The third-order valence-corrected chi connectivity index (χ3v) is 11.9. The number of hydrogen-bond donors (Lipinski definition) is 0. The first-order valence-corrected chi connectivity index (χ1v) is 18.2. The zero-order valence-corrected chi connectivity index (χ0v) is 28.1. The molecule has 0 aliphatic heterocycles. The van der Waals surface area contributed by atoms with Gasteiger partial charge in [0.1, 0.15) is 0 Å². The summed E-state index contributed by atoms with van der Waals surface area (Å²) in [5.74, 6) is 1.97. The monoisotopic (exact) mass is 689 g/mol. The fourth-order valence-electron chi connectivity index (χ4n) is 7.13. The van der Waals surface area contributed by atoms with Gasteiger partial charge in [0.15, 0.2) is 0 Å². The van der Waals surface area contributed by atoms with Crippen molar-refractivity contribution in [3.05, 3.63) is 164 Å². The Balaban J connectivity index is 1.21. The molecule has 8 aromatic carbocycles. The van der Waals surface area contributed by atoms with Crippen molar-refractivity contribution in [3.63, 3.8) is 0 Å². The van der Waals surface area contributed by atoms with Crippen LogP contribution in [0.5, 0.6) is 0 Å². The van der Waals surface area contributed by atoms with Crippen LogP contribution in [0.25, 0.3) is 96.9 Å². The maximum Gasteiger partial charge on any atom is -0.0433 e. The van der Waals surface area contributed by atoms with Crippen LogP contribution in [0.4, 0.5) is 0 Å². The molecule has 0 atom stereocenters. The summed E-state index contributed by atoms with van der Waals surface area (Å²) in [5, 5.41) is 10.3. The van der Waals surface area contributed by atoms with Crippen molar-refractivity contribution in [1.82, 2.24) is 15.0 Å². The molecule has 4 heteroatoms. The molecule has 0 spiro atoms. The van der Waals surface area contributed by atoms with E-state index in [1.165, 1.54) is 51.6 Å². The van der Waals surface area contributed by atoms with Crippen molar-refractivity contribution < 1.29 is 0 Å². The molecular weight excluding hydrogens is 661 g/mol. The van der Waals surface area contributed by atoms with E-state index in [2.05, 4.69) is 140 Å². The van der Waals surface area contributed by atoms with Gasteiger partial charge < -0.3 is 0 Å². The van der Waals surface area contributed by atoms with E-state index >= 15 is 0 Å². The Hall–Kier alpha value is -5.93. The largest absolute Gasteiger partial charge is 0.0617 e. The second-order valence-corrected chi connectivity index (χ2v) is 14.7. The Kier molecular flexibility index (Phi) is 6.51. The van der Waals surface area contributed by atoms with Gasteiger partial charge in [-0.2, -0.15) is 0 Å². The van der Waals surface area contributed by atoms with Crippen LogP contribution in [-0.4, -0.2) is 29.5 Å². The first-order chi connectivity index (χ1) is 24.3. The maximum absolute atomic E-state index is 5.14. The summed E-state index contributed by atoms with van der Waals surface area (Å²) in [6.45, 7) is 0. The van der Waals surface area contributed by atoms with Gasteiger partial charge in [0.05, 0.1) is 0 Å². The summed E-state index contributed by atoms with van der Waals surface area (Å²) in [6.07, 6.45) is 0. The molecule has 10 aromatic rings. The third kappa shape index (κ3) is 4.76. The zero-order valence-electron chi connectivity index (χ0n) is 26.3. The maximum atomic E-state index is 5.14. The SMILES string of the molecule is c1ccc(-c2cccc(-c3nc(-c4ccccc4)nc(-c4ccc5c(c4)c4ccccc4c4cc6[se]c7ccccc7c6cc54)n3)c2)cc1. The average Bonchev–Trinajstić information content (AvgIpc) is 3.55. The summed E-state index contributed by atoms with van der Waals surface area (Å²) in [7, 11) is 0. The zero-order chi connectivity index (χ0) is 32.3. The van der Waals surface area contributed by atoms with Gasteiger partial charge in [0.25, 0.3) is 0 Å². The van der Waals surface area contributed by atoms with E-state index < -0.39 is 0 Å². The smallest absolute Gasteiger partial charge is 0.0433 e. The molecule has 0 radical (unpaired) electrons. The van der Waals surface area contributed by atoms with E-state index in [1.807, 2.05) is 24.3 Å². The van der Waals surface area contributed by atoms with E-state index in [0.717, 1.165) is 27.8 Å². The van der Waals surface area contributed by atoms with Gasteiger partial charge in [-0.25, -0.2) is 0 Å². The van der Waals surface area contributed by atoms with Crippen molar-refractivity contribution >= 4 is 66.1 Å². The molecule has 0 aliphatic rings. The number of fused-ring (bicyclic) bond motifs is 9. The average molecular weight is 689 g/mol. The Morgan fingerprint density at radius 1 is 0.265 bits per heavy atom. The van der Waals surface area contributed by atoms with E-state index in [4.69, 9.17) is 15.0 Å². The van der Waals surface area contributed by atoms with E-state index in [0.29, 0.717) is 32.0 Å². The Labute approximate surface area is 288 Å². The van der Waals surface area contributed by atoms with Gasteiger partial charge in [-0.05, 0) is 17.2 Å². The molecule has 49 heavy (non-hydrogen) atoms. The van der Waals surface area contributed by atoms with Crippen molar-refractivity contribution in [2.45, 2.75) is 0 Å². The van der Waals surface area contributed by atoms with Crippen LogP contribution in [-0.2, 0) is 0 Å². The van der Waals surface area contributed by atoms with E-state index in [-0.39, 0.29) is 0 Å². The Morgan fingerprint density at radius 2 is 0.776 bits per heavy atom. The Morgan fingerprint density at radius 3 is 1.51 bits per heavy atom. The van der Waals surface area contributed by atoms with Gasteiger partial charge in [0.2, 0.25) is 0 Å². The molecule has 0 unspecified atom stereocenters. The molecule has 2 aromatic heterocycles. The van der Waals surface area contributed by atoms with Crippen LogP contribution >= 0.6 is 0 Å². The van der Waals surface area contributed by atoms with Crippen molar-refractivity contribution in [3.8, 4) is 45.3 Å². The second kappa shape index (κ2) is 11.3. The molecule has 0 fully saturated rings. The molecule has 10 rings (SSSR count). The number of benzene rings is 8. The molecule has 0 N–H and O–H groups in total. The molecule has 0 bridgehead atoms. The summed E-state index contributed by atoms with van der Waals surface area (Å²) < 4.78 is 2.93. The van der Waals surface area contributed by atoms with Gasteiger partial charge in [-0.15, -0.1) is 0 Å². The van der Waals surface area contributed by atoms with Crippen molar-refractivity contribution in [2.75, 3.05) is 0 Å². The number of rotatable bonds is 4. The molecule has 2 heterocycles. The quantitative estimate of drug-likeness (QED) is 0.136. The number of aromatic nitrogens is 3. The number of hydrogen-bond acceptors (Lipinski definition) is 3. The fourth-order valence-corrected chi connectivity index (χ4v) is 9.49. The van der Waals surface area contributed by atoms with Gasteiger partial charge in [0, 0.05) is 0 Å². The molecule has 0 amide bonds. The summed E-state index contributed by atoms with van der Waals surface area (Å²) in [5.41, 5.74) is 5.16. The molecule has 3 nitrogen and oxygen atoms in total. The van der Waals surface area contributed by atoms with Crippen molar-refractivity contribution in [1.29, 1.82) is 0 Å². The first kappa shape index (κ1) is 28.1. The minimum absolute atomic E-state index is 0.313. The Bertz CT molecular complexity index is 2880. The van der Waals surface area contributed by atoms with Crippen molar-refractivity contribution in [2.24, 2.45) is 0 Å². The summed E-state index contributed by atoms with van der Waals surface area (Å²) >= 11 is 0.313. The van der Waals surface area contributed by atoms with Crippen LogP contribution in [0.2, 0.25) is 0 Å². The van der Waals surface area contributed by atoms with Gasteiger partial charge in [-0.1, -0.05) is 78.9 Å². The van der Waals surface area contributed by atoms with Crippen LogP contribution in [0.3, 0.4) is 0 Å². The summed E-state index contributed by atoms with van der Waals surface area (Å²) in [4.78, 5) is 15.2.